The van der Waals surface area contributed by atoms with Gasteiger partial charge in [-0.2, -0.15) is 5.26 Å². The number of carbonyl (C=O) groups excluding carboxylic acids is 3. The summed E-state index contributed by atoms with van der Waals surface area (Å²) < 4.78 is 0. The fourth-order valence-corrected chi connectivity index (χ4v) is 4.80. The molecule has 3 aliphatic rings. The molecule has 3 fully saturated rings. The van der Waals surface area contributed by atoms with Crippen LogP contribution in [0.15, 0.2) is 24.3 Å². The van der Waals surface area contributed by atoms with Gasteiger partial charge in [-0.15, -0.1) is 0 Å². The van der Waals surface area contributed by atoms with Crippen molar-refractivity contribution in [2.45, 2.75) is 44.4 Å². The highest BCUT2D eigenvalue weighted by molar-refractivity contribution is 6.00. The summed E-state index contributed by atoms with van der Waals surface area (Å²) >= 11 is 0. The number of nitriles is 1. The van der Waals surface area contributed by atoms with Gasteiger partial charge in [-0.1, -0.05) is 12.1 Å². The smallest absolute Gasteiger partial charge is 0.234 e. The van der Waals surface area contributed by atoms with Gasteiger partial charge in [-0.05, 0) is 49.8 Å². The predicted molar refractivity (Wildman–Crippen MR) is 111 cm³/mol. The first kappa shape index (κ1) is 20.4. The average molecular weight is 409 g/mol. The second-order valence-corrected chi connectivity index (χ2v) is 8.59. The third-order valence-electron chi connectivity index (χ3n) is 6.73. The van der Waals surface area contributed by atoms with Crippen LogP contribution in [-0.2, 0) is 14.4 Å². The molecule has 1 N–H and O–H groups in total. The lowest BCUT2D eigenvalue weighted by molar-refractivity contribution is -0.137. The molecule has 4 rings (SSSR count). The van der Waals surface area contributed by atoms with Crippen molar-refractivity contribution in [3.05, 3.63) is 29.8 Å². The molecule has 7 heteroatoms. The lowest BCUT2D eigenvalue weighted by Crippen LogP contribution is -2.45. The summed E-state index contributed by atoms with van der Waals surface area (Å²) in [6, 6.07) is 10.3. The lowest BCUT2D eigenvalue weighted by atomic mass is 9.90. The van der Waals surface area contributed by atoms with Gasteiger partial charge in [0.1, 0.15) is 0 Å². The Balaban J connectivity index is 1.30. The largest absolute Gasteiger partial charge is 0.371 e. The number of likely N-dealkylation sites (tertiary alicyclic amines) is 1. The van der Waals surface area contributed by atoms with E-state index in [0.29, 0.717) is 25.9 Å². The van der Waals surface area contributed by atoms with Crippen molar-refractivity contribution >= 4 is 23.4 Å². The van der Waals surface area contributed by atoms with Gasteiger partial charge in [0, 0.05) is 50.1 Å². The number of hydrogen-bond donors (Lipinski definition) is 1. The molecule has 3 saturated heterocycles. The van der Waals surface area contributed by atoms with Crippen molar-refractivity contribution in [1.82, 2.24) is 10.2 Å². The zero-order valence-corrected chi connectivity index (χ0v) is 17.2. The fourth-order valence-electron chi connectivity index (χ4n) is 4.80. The van der Waals surface area contributed by atoms with Crippen LogP contribution in [0.3, 0.4) is 0 Å². The summed E-state index contributed by atoms with van der Waals surface area (Å²) in [5.74, 6) is -0.247. The highest BCUT2D eigenvalue weighted by Crippen LogP contribution is 2.29. The molecular formula is C23H28N4O3. The quantitative estimate of drug-likeness (QED) is 0.774. The van der Waals surface area contributed by atoms with Gasteiger partial charge < -0.3 is 9.80 Å². The lowest BCUT2D eigenvalue weighted by Gasteiger charge is -2.37. The predicted octanol–water partition coefficient (Wildman–Crippen LogP) is 2.19. The number of nitrogens with one attached hydrogen (secondary N) is 1. The summed E-state index contributed by atoms with van der Waals surface area (Å²) in [4.78, 5) is 40.5. The standard InChI is InChI=1S/C23H28N4O3/c24-15-16-7-11-27(12-8-16)23(30)18-9-13-26(14-10-18)19-3-1-17(2-4-19)20-5-6-21(28)25-22(20)29/h1-4,16,18,20H,5-14H2,(H,25,28,29). The van der Waals surface area contributed by atoms with E-state index < -0.39 is 0 Å². The molecule has 0 radical (unpaired) electrons. The Morgan fingerprint density at radius 3 is 2.23 bits per heavy atom. The first-order valence-electron chi connectivity index (χ1n) is 10.9. The first-order chi connectivity index (χ1) is 14.5. The Kier molecular flexibility index (Phi) is 6.03. The molecule has 158 valence electrons. The van der Waals surface area contributed by atoms with E-state index in [-0.39, 0.29) is 35.5 Å². The minimum atomic E-state index is -0.259. The Hall–Kier alpha value is -2.88. The molecule has 0 aliphatic carbocycles. The van der Waals surface area contributed by atoms with Crippen LogP contribution in [0.2, 0.25) is 0 Å². The third kappa shape index (κ3) is 4.33. The van der Waals surface area contributed by atoms with E-state index in [1.165, 1.54) is 0 Å². The van der Waals surface area contributed by atoms with Gasteiger partial charge in [0.25, 0.3) is 0 Å². The molecule has 1 unspecified atom stereocenters. The molecule has 3 aliphatic heterocycles. The molecule has 0 aromatic heterocycles. The van der Waals surface area contributed by atoms with Crippen LogP contribution in [0, 0.1) is 23.2 Å². The topological polar surface area (TPSA) is 93.5 Å². The molecular weight excluding hydrogens is 380 g/mol. The normalized spacial score (nSPS) is 23.8. The summed E-state index contributed by atoms with van der Waals surface area (Å²) in [5.41, 5.74) is 2.04. The fraction of sp³-hybridized carbons (Fsp3) is 0.565. The van der Waals surface area contributed by atoms with Crippen LogP contribution < -0.4 is 10.2 Å². The molecule has 0 spiro atoms. The van der Waals surface area contributed by atoms with Crippen LogP contribution in [0.5, 0.6) is 0 Å². The van der Waals surface area contributed by atoms with Crippen molar-refractivity contribution in [2.75, 3.05) is 31.1 Å². The van der Waals surface area contributed by atoms with E-state index in [4.69, 9.17) is 5.26 Å². The van der Waals surface area contributed by atoms with E-state index >= 15 is 0 Å². The minimum absolute atomic E-state index is 0.0719. The molecule has 0 bridgehead atoms. The van der Waals surface area contributed by atoms with Crippen LogP contribution in [0.25, 0.3) is 0 Å². The number of carbonyl (C=O) groups is 3. The van der Waals surface area contributed by atoms with Gasteiger partial charge in [0.2, 0.25) is 17.7 Å². The van der Waals surface area contributed by atoms with Crippen molar-refractivity contribution < 1.29 is 14.4 Å². The van der Waals surface area contributed by atoms with E-state index in [9.17, 15) is 14.4 Å². The Bertz CT molecular complexity index is 844. The van der Waals surface area contributed by atoms with Gasteiger partial charge in [-0.3, -0.25) is 19.7 Å². The van der Waals surface area contributed by atoms with Crippen LogP contribution in [0.4, 0.5) is 5.69 Å². The molecule has 1 atom stereocenters. The molecule has 3 heterocycles. The summed E-state index contributed by atoms with van der Waals surface area (Å²) in [6.07, 6.45) is 4.20. The Morgan fingerprint density at radius 1 is 0.967 bits per heavy atom. The van der Waals surface area contributed by atoms with Gasteiger partial charge in [-0.25, -0.2) is 0 Å². The van der Waals surface area contributed by atoms with Crippen molar-refractivity contribution in [2.24, 2.45) is 11.8 Å². The Labute approximate surface area is 177 Å². The van der Waals surface area contributed by atoms with E-state index in [2.05, 4.69) is 16.3 Å². The molecule has 7 nitrogen and oxygen atoms in total. The van der Waals surface area contributed by atoms with E-state index in [0.717, 1.165) is 50.0 Å². The van der Waals surface area contributed by atoms with Crippen LogP contribution in [0.1, 0.15) is 50.0 Å². The maximum absolute atomic E-state index is 12.8. The molecule has 3 amide bonds. The maximum Gasteiger partial charge on any atom is 0.234 e. The maximum atomic E-state index is 12.8. The summed E-state index contributed by atoms with van der Waals surface area (Å²) in [6.45, 7) is 3.09. The molecule has 1 aromatic carbocycles. The third-order valence-corrected chi connectivity index (χ3v) is 6.73. The number of imide groups is 1. The highest BCUT2D eigenvalue weighted by Gasteiger charge is 2.31. The second-order valence-electron chi connectivity index (χ2n) is 8.59. The number of piperidine rings is 3. The highest BCUT2D eigenvalue weighted by atomic mass is 16.2. The number of amides is 3. The monoisotopic (exact) mass is 408 g/mol. The van der Waals surface area contributed by atoms with Gasteiger partial charge >= 0.3 is 0 Å². The second kappa shape index (κ2) is 8.86. The van der Waals surface area contributed by atoms with E-state index in [1.807, 2.05) is 29.2 Å². The zero-order chi connectivity index (χ0) is 21.1. The number of nitrogens with zero attached hydrogens (tertiary/aromatic N) is 3. The number of anilines is 1. The summed E-state index contributed by atoms with van der Waals surface area (Å²) in [5, 5.41) is 11.4. The van der Waals surface area contributed by atoms with Crippen molar-refractivity contribution in [3.63, 3.8) is 0 Å². The van der Waals surface area contributed by atoms with Gasteiger partial charge in [0.15, 0.2) is 0 Å². The summed E-state index contributed by atoms with van der Waals surface area (Å²) in [7, 11) is 0. The number of hydrogen-bond acceptors (Lipinski definition) is 5. The van der Waals surface area contributed by atoms with Crippen molar-refractivity contribution in [1.29, 1.82) is 5.26 Å². The first-order valence-corrected chi connectivity index (χ1v) is 10.9. The minimum Gasteiger partial charge on any atom is -0.371 e. The molecule has 0 saturated carbocycles. The number of rotatable bonds is 3. The van der Waals surface area contributed by atoms with E-state index in [1.54, 1.807) is 0 Å². The Morgan fingerprint density at radius 2 is 1.63 bits per heavy atom. The number of benzene rings is 1. The van der Waals surface area contributed by atoms with Crippen LogP contribution >= 0.6 is 0 Å². The van der Waals surface area contributed by atoms with Gasteiger partial charge in [0.05, 0.1) is 12.0 Å². The zero-order valence-electron chi connectivity index (χ0n) is 17.2. The van der Waals surface area contributed by atoms with Crippen molar-refractivity contribution in [3.8, 4) is 6.07 Å². The molecule has 1 aromatic rings. The molecule has 30 heavy (non-hydrogen) atoms. The average Bonchev–Trinajstić information content (AvgIpc) is 2.79. The van der Waals surface area contributed by atoms with Crippen LogP contribution in [-0.4, -0.2) is 48.8 Å². The SMILES string of the molecule is N#CC1CCN(C(=O)C2CCN(c3ccc(C4CCC(=O)NC4=O)cc3)CC2)CC1.